The first-order valence-corrected chi connectivity index (χ1v) is 11.9. The van der Waals surface area contributed by atoms with Gasteiger partial charge in [0.2, 0.25) is 10.0 Å². The monoisotopic (exact) mass is 458 g/mol. The number of anilines is 1. The van der Waals surface area contributed by atoms with Crippen LogP contribution in [-0.4, -0.2) is 33.4 Å². The Kier molecular flexibility index (Phi) is 9.16. The molecule has 0 aliphatic carbocycles. The number of benzene rings is 2. The number of para-hydroxylation sites is 1. The molecule has 2 rings (SSSR count). The Morgan fingerprint density at radius 2 is 1.53 bits per heavy atom. The van der Waals surface area contributed by atoms with Crippen LogP contribution in [0.4, 0.5) is 5.69 Å². The van der Waals surface area contributed by atoms with Gasteiger partial charge in [0.1, 0.15) is 6.54 Å². The van der Waals surface area contributed by atoms with Gasteiger partial charge in [0, 0.05) is 11.1 Å². The third-order valence-electron chi connectivity index (χ3n) is 4.66. The minimum absolute atomic E-state index is 0.199. The highest BCUT2D eigenvalue weighted by atomic mass is 32.2. The van der Waals surface area contributed by atoms with Crippen molar-refractivity contribution in [2.24, 2.45) is 0 Å². The summed E-state index contributed by atoms with van der Waals surface area (Å²) in [4.78, 5) is 24.3. The van der Waals surface area contributed by atoms with Crippen LogP contribution in [0.5, 0.6) is 0 Å². The molecule has 2 aromatic carbocycles. The van der Waals surface area contributed by atoms with Gasteiger partial charge < -0.3 is 10.1 Å². The molecule has 0 aromatic heterocycles. The van der Waals surface area contributed by atoms with E-state index in [1.165, 1.54) is 6.08 Å². The van der Waals surface area contributed by atoms with Crippen molar-refractivity contribution >= 4 is 33.7 Å². The van der Waals surface area contributed by atoms with Gasteiger partial charge in [-0.05, 0) is 34.6 Å². The molecule has 0 unspecified atom stereocenters. The number of ether oxygens (including phenoxy) is 1. The quantitative estimate of drug-likeness (QED) is 0.524. The number of carbonyl (C=O) groups excluding carboxylic acids is 2. The van der Waals surface area contributed by atoms with Gasteiger partial charge >= 0.3 is 5.97 Å². The fourth-order valence-electron chi connectivity index (χ4n) is 3.01. The maximum absolute atomic E-state index is 12.4. The van der Waals surface area contributed by atoms with Gasteiger partial charge in [-0.25, -0.2) is 13.1 Å². The highest BCUT2D eigenvalue weighted by molar-refractivity contribution is 7.92. The first kappa shape index (κ1) is 25.3. The summed E-state index contributed by atoms with van der Waals surface area (Å²) in [5.41, 5.74) is 3.42. The van der Waals surface area contributed by atoms with E-state index in [4.69, 9.17) is 4.74 Å². The SMILES string of the molecule is CC(C)c1cccc(C(C)C)c1NC(=O)COC(=O)CNS(=O)(=O)/C=C/c1ccccc1. The highest BCUT2D eigenvalue weighted by Gasteiger charge is 2.17. The fraction of sp³-hybridized carbons (Fsp3) is 0.333. The fourth-order valence-corrected chi connectivity index (χ4v) is 3.76. The number of esters is 1. The third-order valence-corrected chi connectivity index (χ3v) is 5.70. The number of hydrogen-bond donors (Lipinski definition) is 2. The van der Waals surface area contributed by atoms with Gasteiger partial charge in [0.15, 0.2) is 6.61 Å². The summed E-state index contributed by atoms with van der Waals surface area (Å²) >= 11 is 0. The van der Waals surface area contributed by atoms with Crippen molar-refractivity contribution in [3.63, 3.8) is 0 Å². The zero-order valence-electron chi connectivity index (χ0n) is 18.8. The van der Waals surface area contributed by atoms with Crippen LogP contribution in [-0.2, 0) is 24.3 Å². The van der Waals surface area contributed by atoms with E-state index in [2.05, 4.69) is 10.0 Å². The molecule has 172 valence electrons. The summed E-state index contributed by atoms with van der Waals surface area (Å²) < 4.78 is 31.1. The molecule has 0 aliphatic rings. The molecular formula is C24H30N2O5S. The molecule has 0 fully saturated rings. The lowest BCUT2D eigenvalue weighted by molar-refractivity contribution is -0.146. The molecule has 0 saturated carbocycles. The minimum atomic E-state index is -3.82. The first-order chi connectivity index (χ1) is 15.1. The van der Waals surface area contributed by atoms with Gasteiger partial charge in [-0.1, -0.05) is 76.2 Å². The molecule has 0 spiro atoms. The zero-order valence-corrected chi connectivity index (χ0v) is 19.6. The molecule has 0 aliphatic heterocycles. The van der Waals surface area contributed by atoms with E-state index in [1.807, 2.05) is 52.0 Å². The Balaban J connectivity index is 1.90. The van der Waals surface area contributed by atoms with Crippen molar-refractivity contribution in [3.05, 3.63) is 70.6 Å². The van der Waals surface area contributed by atoms with E-state index in [0.717, 1.165) is 22.2 Å². The Bertz CT molecular complexity index is 1030. The van der Waals surface area contributed by atoms with E-state index in [-0.39, 0.29) is 11.8 Å². The maximum atomic E-state index is 12.4. The Morgan fingerprint density at radius 1 is 0.938 bits per heavy atom. The highest BCUT2D eigenvalue weighted by Crippen LogP contribution is 2.32. The lowest BCUT2D eigenvalue weighted by Crippen LogP contribution is -2.31. The number of sulfonamides is 1. The Morgan fingerprint density at radius 3 is 2.09 bits per heavy atom. The summed E-state index contributed by atoms with van der Waals surface area (Å²) in [6.45, 7) is 7.06. The van der Waals surface area contributed by atoms with E-state index >= 15 is 0 Å². The van der Waals surface area contributed by atoms with E-state index in [0.29, 0.717) is 5.56 Å². The van der Waals surface area contributed by atoms with Gasteiger partial charge in [-0.2, -0.15) is 0 Å². The number of carbonyl (C=O) groups is 2. The lowest BCUT2D eigenvalue weighted by atomic mass is 9.92. The van der Waals surface area contributed by atoms with Crippen LogP contribution in [0, 0.1) is 0 Å². The molecule has 32 heavy (non-hydrogen) atoms. The summed E-state index contributed by atoms with van der Waals surface area (Å²) in [5, 5.41) is 3.81. The smallest absolute Gasteiger partial charge is 0.321 e. The first-order valence-electron chi connectivity index (χ1n) is 10.4. The van der Waals surface area contributed by atoms with E-state index in [9.17, 15) is 18.0 Å². The van der Waals surface area contributed by atoms with Crippen molar-refractivity contribution in [1.29, 1.82) is 0 Å². The normalized spacial score (nSPS) is 11.8. The van der Waals surface area contributed by atoms with Crippen LogP contribution in [0.2, 0.25) is 0 Å². The lowest BCUT2D eigenvalue weighted by Gasteiger charge is -2.20. The molecule has 0 radical (unpaired) electrons. The van der Waals surface area contributed by atoms with Crippen LogP contribution >= 0.6 is 0 Å². The van der Waals surface area contributed by atoms with Crippen LogP contribution in [0.15, 0.2) is 53.9 Å². The number of hydrogen-bond acceptors (Lipinski definition) is 5. The summed E-state index contributed by atoms with van der Waals surface area (Å²) in [5.74, 6) is -0.937. The average Bonchev–Trinajstić information content (AvgIpc) is 2.75. The van der Waals surface area contributed by atoms with Crippen molar-refractivity contribution < 1.29 is 22.7 Å². The second-order valence-electron chi connectivity index (χ2n) is 7.91. The molecular weight excluding hydrogens is 428 g/mol. The molecule has 1 amide bonds. The molecule has 8 heteroatoms. The van der Waals surface area contributed by atoms with Crippen molar-refractivity contribution in [2.45, 2.75) is 39.5 Å². The maximum Gasteiger partial charge on any atom is 0.321 e. The molecule has 0 heterocycles. The van der Waals surface area contributed by atoms with Crippen LogP contribution < -0.4 is 10.0 Å². The molecule has 7 nitrogen and oxygen atoms in total. The van der Waals surface area contributed by atoms with Gasteiger partial charge in [-0.15, -0.1) is 0 Å². The number of amides is 1. The van der Waals surface area contributed by atoms with Crippen molar-refractivity contribution in [2.75, 3.05) is 18.5 Å². The number of nitrogens with one attached hydrogen (secondary N) is 2. The topological polar surface area (TPSA) is 102 Å². The van der Waals surface area contributed by atoms with Gasteiger partial charge in [0.05, 0.1) is 0 Å². The third kappa shape index (κ3) is 7.94. The van der Waals surface area contributed by atoms with Crippen LogP contribution in [0.1, 0.15) is 56.2 Å². The standard InChI is InChI=1S/C24H30N2O5S/c1-17(2)20-11-8-12-21(18(3)4)24(20)26-22(27)16-31-23(28)15-25-32(29,30)14-13-19-9-6-5-7-10-19/h5-14,17-18,25H,15-16H2,1-4H3,(H,26,27)/b14-13+. The van der Waals surface area contributed by atoms with Crippen molar-refractivity contribution in [3.8, 4) is 0 Å². The summed E-state index contributed by atoms with van der Waals surface area (Å²) in [6.07, 6.45) is 1.42. The summed E-state index contributed by atoms with van der Waals surface area (Å²) in [6, 6.07) is 14.8. The number of rotatable bonds is 10. The second-order valence-corrected chi connectivity index (χ2v) is 9.56. The predicted molar refractivity (Wildman–Crippen MR) is 127 cm³/mol. The summed E-state index contributed by atoms with van der Waals surface area (Å²) in [7, 11) is -3.82. The van der Waals surface area contributed by atoms with Crippen LogP contribution in [0.3, 0.4) is 0 Å². The average molecular weight is 459 g/mol. The van der Waals surface area contributed by atoms with E-state index < -0.39 is 35.1 Å². The zero-order chi connectivity index (χ0) is 23.7. The Labute approximate surface area is 189 Å². The predicted octanol–water partition coefficient (Wildman–Crippen LogP) is 4.01. The van der Waals surface area contributed by atoms with Crippen molar-refractivity contribution in [1.82, 2.24) is 4.72 Å². The molecule has 2 N–H and O–H groups in total. The van der Waals surface area contributed by atoms with Gasteiger partial charge in [0.25, 0.3) is 5.91 Å². The molecule has 2 aromatic rings. The van der Waals surface area contributed by atoms with Gasteiger partial charge in [-0.3, -0.25) is 9.59 Å². The van der Waals surface area contributed by atoms with E-state index in [1.54, 1.807) is 24.3 Å². The molecule has 0 bridgehead atoms. The second kappa shape index (κ2) is 11.6. The molecule has 0 saturated heterocycles. The minimum Gasteiger partial charge on any atom is -0.455 e. The largest absolute Gasteiger partial charge is 0.455 e. The molecule has 0 atom stereocenters. The Hall–Kier alpha value is -2.97. The van der Waals surface area contributed by atoms with Crippen LogP contribution in [0.25, 0.3) is 6.08 Å².